The van der Waals surface area contributed by atoms with Crippen LogP contribution in [0.1, 0.15) is 39.7 Å². The highest BCUT2D eigenvalue weighted by Crippen LogP contribution is 2.15. The van der Waals surface area contributed by atoms with E-state index >= 15 is 0 Å². The Morgan fingerprint density at radius 2 is 1.81 bits per heavy atom. The molecule has 0 aliphatic heterocycles. The molecule has 6 nitrogen and oxygen atoms in total. The molecule has 26 heavy (non-hydrogen) atoms. The molecule has 0 aromatic heterocycles. The molecule has 0 unspecified atom stereocenters. The summed E-state index contributed by atoms with van der Waals surface area (Å²) in [6.07, 6.45) is 1.48. The van der Waals surface area contributed by atoms with Gasteiger partial charge in [-0.05, 0) is 46.8 Å². The van der Waals surface area contributed by atoms with Crippen LogP contribution in [0.2, 0.25) is 0 Å². The van der Waals surface area contributed by atoms with E-state index in [2.05, 4.69) is 5.32 Å². The third-order valence-electron chi connectivity index (χ3n) is 3.36. The molecule has 0 aliphatic carbocycles. The molecule has 6 heteroatoms. The second kappa shape index (κ2) is 9.85. The molecular weight excluding hydrogens is 332 g/mol. The van der Waals surface area contributed by atoms with Gasteiger partial charge in [-0.1, -0.05) is 17.7 Å². The van der Waals surface area contributed by atoms with Crippen LogP contribution in [0.25, 0.3) is 0 Å². The third kappa shape index (κ3) is 8.55. The molecule has 1 aromatic carbocycles. The third-order valence-corrected chi connectivity index (χ3v) is 3.36. The monoisotopic (exact) mass is 362 g/mol. The number of ether oxygens (including phenoxy) is 2. The zero-order valence-corrected chi connectivity index (χ0v) is 16.6. The van der Waals surface area contributed by atoms with E-state index < -0.39 is 17.7 Å². The van der Waals surface area contributed by atoms with E-state index in [4.69, 9.17) is 9.47 Å². The normalized spacial score (nSPS) is 11.7. The predicted octanol–water partition coefficient (Wildman–Crippen LogP) is 4.11. The molecule has 1 aromatic rings. The number of amides is 1. The molecule has 0 heterocycles. The molecule has 0 fully saturated rings. The van der Waals surface area contributed by atoms with Gasteiger partial charge in [-0.2, -0.15) is 0 Å². The van der Waals surface area contributed by atoms with Crippen molar-refractivity contribution in [2.45, 2.75) is 46.6 Å². The number of anilines is 1. The lowest BCUT2D eigenvalue weighted by atomic mass is 10.2. The summed E-state index contributed by atoms with van der Waals surface area (Å²) in [5.74, 6) is -0.415. The maximum absolute atomic E-state index is 12.1. The summed E-state index contributed by atoms with van der Waals surface area (Å²) < 4.78 is 10.3. The van der Waals surface area contributed by atoms with Crippen molar-refractivity contribution in [1.29, 1.82) is 0 Å². The molecule has 0 radical (unpaired) electrons. The Kier molecular flexibility index (Phi) is 8.16. The van der Waals surface area contributed by atoms with Gasteiger partial charge in [0, 0.05) is 37.5 Å². The van der Waals surface area contributed by atoms with Crippen LogP contribution in [0.15, 0.2) is 36.0 Å². The number of nitrogens with zero attached hydrogens (tertiary/aromatic N) is 1. The zero-order valence-electron chi connectivity index (χ0n) is 16.6. The van der Waals surface area contributed by atoms with E-state index in [9.17, 15) is 9.59 Å². The number of aryl methyl sites for hydroxylation is 1. The molecule has 0 saturated carbocycles. The molecule has 1 rings (SSSR count). The molecule has 144 valence electrons. The quantitative estimate of drug-likeness (QED) is 0.584. The van der Waals surface area contributed by atoms with Crippen LogP contribution in [0, 0.1) is 6.92 Å². The van der Waals surface area contributed by atoms with Crippen molar-refractivity contribution in [2.24, 2.45) is 0 Å². The van der Waals surface area contributed by atoms with Crippen LogP contribution in [0.3, 0.4) is 0 Å². The Balaban J connectivity index is 2.77. The summed E-state index contributed by atoms with van der Waals surface area (Å²) in [4.78, 5) is 25.4. The standard InChI is InChI=1S/C20H30N2O4/c1-7-25-18(23)14-17(21-16-10-8-15(2)9-11-16)12-13-22(6)19(24)26-20(3,4)5/h8-11,14,21H,7,12-13H2,1-6H3/b17-14+. The van der Waals surface area contributed by atoms with Crippen molar-refractivity contribution in [3.05, 3.63) is 41.6 Å². The van der Waals surface area contributed by atoms with Gasteiger partial charge >= 0.3 is 12.1 Å². The SMILES string of the molecule is CCOC(=O)/C=C(\CCN(C)C(=O)OC(C)(C)C)Nc1ccc(C)cc1. The Labute approximate surface area is 156 Å². The molecule has 0 atom stereocenters. The van der Waals surface area contributed by atoms with E-state index in [1.807, 2.05) is 52.0 Å². The Bertz CT molecular complexity index is 630. The minimum atomic E-state index is -0.547. The average Bonchev–Trinajstić information content (AvgIpc) is 2.53. The highest BCUT2D eigenvalue weighted by Gasteiger charge is 2.19. The van der Waals surface area contributed by atoms with Gasteiger partial charge in [0.1, 0.15) is 5.60 Å². The topological polar surface area (TPSA) is 67.9 Å². The van der Waals surface area contributed by atoms with E-state index in [1.165, 1.54) is 11.0 Å². The molecule has 0 spiro atoms. The van der Waals surface area contributed by atoms with Gasteiger partial charge in [-0.25, -0.2) is 9.59 Å². The number of nitrogens with one attached hydrogen (secondary N) is 1. The summed E-state index contributed by atoms with van der Waals surface area (Å²) in [5.41, 5.74) is 2.14. The van der Waals surface area contributed by atoms with Crippen LogP contribution < -0.4 is 5.32 Å². The number of hydrogen-bond acceptors (Lipinski definition) is 5. The van der Waals surface area contributed by atoms with Crippen molar-refractivity contribution in [2.75, 3.05) is 25.5 Å². The van der Waals surface area contributed by atoms with E-state index in [-0.39, 0.29) is 0 Å². The zero-order chi connectivity index (χ0) is 19.7. The fraction of sp³-hybridized carbons (Fsp3) is 0.500. The fourth-order valence-corrected chi connectivity index (χ4v) is 2.04. The summed E-state index contributed by atoms with van der Waals surface area (Å²) in [6, 6.07) is 7.84. The lowest BCUT2D eigenvalue weighted by Gasteiger charge is -2.25. The van der Waals surface area contributed by atoms with Crippen LogP contribution in [0.5, 0.6) is 0 Å². The number of carbonyl (C=O) groups is 2. The average molecular weight is 362 g/mol. The Morgan fingerprint density at radius 1 is 1.19 bits per heavy atom. The summed E-state index contributed by atoms with van der Waals surface area (Å²) >= 11 is 0. The first-order chi connectivity index (χ1) is 12.1. The molecule has 1 N–H and O–H groups in total. The smallest absolute Gasteiger partial charge is 0.410 e. The Morgan fingerprint density at radius 3 is 2.35 bits per heavy atom. The number of benzene rings is 1. The fourth-order valence-electron chi connectivity index (χ4n) is 2.04. The van der Waals surface area contributed by atoms with Crippen molar-refractivity contribution < 1.29 is 19.1 Å². The van der Waals surface area contributed by atoms with Crippen molar-refractivity contribution in [3.63, 3.8) is 0 Å². The van der Waals surface area contributed by atoms with Crippen LogP contribution >= 0.6 is 0 Å². The Hall–Kier alpha value is -2.50. The van der Waals surface area contributed by atoms with Crippen LogP contribution in [0.4, 0.5) is 10.5 Å². The maximum Gasteiger partial charge on any atom is 0.410 e. The second-order valence-corrected chi connectivity index (χ2v) is 7.06. The minimum absolute atomic E-state index is 0.310. The van der Waals surface area contributed by atoms with Crippen molar-refractivity contribution >= 4 is 17.7 Å². The van der Waals surface area contributed by atoms with Gasteiger partial charge in [0.05, 0.1) is 6.61 Å². The summed E-state index contributed by atoms with van der Waals surface area (Å²) in [5, 5.41) is 3.22. The number of carbonyl (C=O) groups excluding carboxylic acids is 2. The highest BCUT2D eigenvalue weighted by atomic mass is 16.6. The lowest BCUT2D eigenvalue weighted by molar-refractivity contribution is -0.137. The maximum atomic E-state index is 12.1. The van der Waals surface area contributed by atoms with Gasteiger partial charge in [-0.15, -0.1) is 0 Å². The van der Waals surface area contributed by atoms with E-state index in [1.54, 1.807) is 14.0 Å². The minimum Gasteiger partial charge on any atom is -0.463 e. The summed E-state index contributed by atoms with van der Waals surface area (Å²) in [7, 11) is 1.67. The first-order valence-corrected chi connectivity index (χ1v) is 8.76. The number of esters is 1. The summed E-state index contributed by atoms with van der Waals surface area (Å²) in [6.45, 7) is 9.95. The van der Waals surface area contributed by atoms with Gasteiger partial charge in [0.25, 0.3) is 0 Å². The van der Waals surface area contributed by atoms with Crippen LogP contribution in [-0.2, 0) is 14.3 Å². The number of hydrogen-bond donors (Lipinski definition) is 1. The van der Waals surface area contributed by atoms with E-state index in [0.717, 1.165) is 11.3 Å². The molecule has 0 aliphatic rings. The predicted molar refractivity (Wildman–Crippen MR) is 103 cm³/mol. The first-order valence-electron chi connectivity index (χ1n) is 8.76. The van der Waals surface area contributed by atoms with Gasteiger partial charge in [0.2, 0.25) is 0 Å². The van der Waals surface area contributed by atoms with E-state index in [0.29, 0.717) is 25.3 Å². The number of rotatable bonds is 7. The molecule has 1 amide bonds. The second-order valence-electron chi connectivity index (χ2n) is 7.06. The van der Waals surface area contributed by atoms with Gasteiger partial charge in [-0.3, -0.25) is 0 Å². The molecule has 0 saturated heterocycles. The van der Waals surface area contributed by atoms with Gasteiger partial charge in [0.15, 0.2) is 0 Å². The highest BCUT2D eigenvalue weighted by molar-refractivity contribution is 5.83. The van der Waals surface area contributed by atoms with Crippen molar-refractivity contribution in [3.8, 4) is 0 Å². The lowest BCUT2D eigenvalue weighted by Crippen LogP contribution is -2.35. The van der Waals surface area contributed by atoms with Crippen molar-refractivity contribution in [1.82, 2.24) is 4.90 Å². The largest absolute Gasteiger partial charge is 0.463 e. The first kappa shape index (κ1) is 21.5. The molecule has 0 bridgehead atoms. The molecular formula is C20H30N2O4. The van der Waals surface area contributed by atoms with Gasteiger partial charge < -0.3 is 19.7 Å². The van der Waals surface area contributed by atoms with Crippen LogP contribution in [-0.4, -0.2) is 42.8 Å².